The summed E-state index contributed by atoms with van der Waals surface area (Å²) in [5.41, 5.74) is 1.28. The summed E-state index contributed by atoms with van der Waals surface area (Å²) in [7, 11) is -3.56. The van der Waals surface area contributed by atoms with E-state index in [2.05, 4.69) is 18.6 Å². The van der Waals surface area contributed by atoms with Crippen molar-refractivity contribution in [2.24, 2.45) is 0 Å². The third-order valence-electron chi connectivity index (χ3n) is 4.03. The molecule has 0 heterocycles. The molecule has 0 bridgehead atoms. The third kappa shape index (κ3) is 4.45. The first kappa shape index (κ1) is 18.5. The van der Waals surface area contributed by atoms with E-state index in [1.54, 1.807) is 30.8 Å². The highest BCUT2D eigenvalue weighted by atomic mass is 32.2. The molecule has 6 heteroatoms. The van der Waals surface area contributed by atoms with E-state index in [1.807, 2.05) is 6.26 Å². The first-order valence-corrected chi connectivity index (χ1v) is 9.80. The Hall–Kier alpha value is -0.560. The summed E-state index contributed by atoms with van der Waals surface area (Å²) in [5, 5.41) is 9.17. The van der Waals surface area contributed by atoms with Crippen LogP contribution in [0.4, 0.5) is 0 Å². The molecule has 0 atom stereocenters. The van der Waals surface area contributed by atoms with Crippen LogP contribution in [0.25, 0.3) is 0 Å². The van der Waals surface area contributed by atoms with Crippen LogP contribution >= 0.6 is 11.8 Å². The van der Waals surface area contributed by atoms with Crippen molar-refractivity contribution in [3.05, 3.63) is 29.3 Å². The lowest BCUT2D eigenvalue weighted by molar-refractivity contribution is 0.281. The van der Waals surface area contributed by atoms with Gasteiger partial charge in [-0.25, -0.2) is 13.1 Å². The Morgan fingerprint density at radius 2 is 1.90 bits per heavy atom. The van der Waals surface area contributed by atoms with Crippen LogP contribution < -0.4 is 4.72 Å². The second-order valence-corrected chi connectivity index (χ2v) is 8.19. The minimum absolute atomic E-state index is 0.0738. The Kier molecular flexibility index (Phi) is 6.71. The summed E-state index contributed by atoms with van der Waals surface area (Å²) < 4.78 is 27.7. The van der Waals surface area contributed by atoms with Crippen molar-refractivity contribution < 1.29 is 13.5 Å². The molecule has 0 amide bonds. The summed E-state index contributed by atoms with van der Waals surface area (Å²) >= 11 is 1.70. The van der Waals surface area contributed by atoms with E-state index in [1.165, 1.54) is 6.07 Å². The number of aryl methyl sites for hydroxylation is 1. The Morgan fingerprint density at radius 3 is 2.38 bits per heavy atom. The van der Waals surface area contributed by atoms with E-state index < -0.39 is 10.0 Å². The molecule has 0 saturated carbocycles. The van der Waals surface area contributed by atoms with Crippen molar-refractivity contribution >= 4 is 21.8 Å². The number of hydrogen-bond acceptors (Lipinski definition) is 4. The van der Waals surface area contributed by atoms with Crippen LogP contribution in [0, 0.1) is 6.92 Å². The Bertz CT molecular complexity index is 558. The van der Waals surface area contributed by atoms with Gasteiger partial charge in [0.05, 0.1) is 11.5 Å². The zero-order chi connectivity index (χ0) is 16.1. The fourth-order valence-electron chi connectivity index (χ4n) is 2.20. The van der Waals surface area contributed by atoms with Gasteiger partial charge in [-0.15, -0.1) is 0 Å². The van der Waals surface area contributed by atoms with Gasteiger partial charge in [-0.1, -0.05) is 26.0 Å². The smallest absolute Gasteiger partial charge is 0.240 e. The van der Waals surface area contributed by atoms with Gasteiger partial charge in [-0.05, 0) is 43.2 Å². The van der Waals surface area contributed by atoms with Gasteiger partial charge in [-0.2, -0.15) is 11.8 Å². The lowest BCUT2D eigenvalue weighted by Crippen LogP contribution is -2.39. The Balaban J connectivity index is 3.02. The molecule has 2 N–H and O–H groups in total. The largest absolute Gasteiger partial charge is 0.392 e. The molecule has 1 aromatic rings. The summed E-state index contributed by atoms with van der Waals surface area (Å²) in [6.45, 7) is 6.16. The highest BCUT2D eigenvalue weighted by molar-refractivity contribution is 8.00. The molecule has 0 radical (unpaired) electrons. The van der Waals surface area contributed by atoms with Gasteiger partial charge in [0.15, 0.2) is 0 Å². The molecule has 0 aliphatic carbocycles. The molecule has 0 spiro atoms. The number of aliphatic hydroxyl groups is 1. The van der Waals surface area contributed by atoms with E-state index >= 15 is 0 Å². The van der Waals surface area contributed by atoms with E-state index in [0.717, 1.165) is 12.8 Å². The maximum Gasteiger partial charge on any atom is 0.240 e. The molecular formula is C15H25NO3S2. The number of thioether (sulfide) groups is 1. The van der Waals surface area contributed by atoms with Gasteiger partial charge in [0, 0.05) is 11.3 Å². The van der Waals surface area contributed by atoms with Gasteiger partial charge in [0.25, 0.3) is 0 Å². The summed E-state index contributed by atoms with van der Waals surface area (Å²) in [4.78, 5) is 0.247. The quantitative estimate of drug-likeness (QED) is 0.768. The minimum atomic E-state index is -3.56. The van der Waals surface area contributed by atoms with Gasteiger partial charge in [0.2, 0.25) is 10.0 Å². The van der Waals surface area contributed by atoms with Crippen molar-refractivity contribution in [3.63, 3.8) is 0 Å². The fourth-order valence-corrected chi connectivity index (χ4v) is 4.50. The van der Waals surface area contributed by atoms with Crippen LogP contribution in [0.2, 0.25) is 0 Å². The molecule has 0 aromatic heterocycles. The highest BCUT2D eigenvalue weighted by Crippen LogP contribution is 2.30. The van der Waals surface area contributed by atoms with Gasteiger partial charge in [0.1, 0.15) is 0 Å². The normalized spacial score (nSPS) is 12.6. The zero-order valence-corrected chi connectivity index (χ0v) is 14.8. The Morgan fingerprint density at radius 1 is 1.29 bits per heavy atom. The molecule has 0 fully saturated rings. The Labute approximate surface area is 132 Å². The van der Waals surface area contributed by atoms with Crippen molar-refractivity contribution in [3.8, 4) is 0 Å². The van der Waals surface area contributed by atoms with E-state index in [4.69, 9.17) is 0 Å². The summed E-state index contributed by atoms with van der Waals surface area (Å²) in [6.07, 6.45) is 3.82. The number of benzene rings is 1. The lowest BCUT2D eigenvalue weighted by Gasteiger charge is -2.29. The standard InChI is InChI=1S/C15H25NO3S2/c1-5-15(6-2,20-4)11-16-21(18,19)14-9-13(10-17)8-7-12(14)3/h7-9,16-17H,5-6,10-11H2,1-4H3. The number of hydrogen-bond donors (Lipinski definition) is 2. The van der Waals surface area contributed by atoms with Gasteiger partial charge in [-0.3, -0.25) is 0 Å². The van der Waals surface area contributed by atoms with Crippen molar-refractivity contribution in [2.75, 3.05) is 12.8 Å². The number of rotatable bonds is 8. The summed E-state index contributed by atoms with van der Waals surface area (Å²) in [6, 6.07) is 5.00. The van der Waals surface area contributed by atoms with Crippen LogP contribution in [0.5, 0.6) is 0 Å². The predicted octanol–water partition coefficient (Wildman–Crippen LogP) is 2.69. The second kappa shape index (κ2) is 7.63. The van der Waals surface area contributed by atoms with Crippen LogP contribution in [0.15, 0.2) is 23.1 Å². The second-order valence-electron chi connectivity index (χ2n) is 5.18. The van der Waals surface area contributed by atoms with Crippen molar-refractivity contribution in [2.45, 2.75) is 49.9 Å². The van der Waals surface area contributed by atoms with Gasteiger partial charge < -0.3 is 5.11 Å². The fraction of sp³-hybridized carbons (Fsp3) is 0.600. The average Bonchev–Trinajstić information content (AvgIpc) is 2.49. The molecule has 1 aromatic carbocycles. The van der Waals surface area contributed by atoms with E-state index in [9.17, 15) is 13.5 Å². The van der Waals surface area contributed by atoms with E-state index in [-0.39, 0.29) is 16.2 Å². The first-order valence-electron chi connectivity index (χ1n) is 7.09. The molecule has 120 valence electrons. The molecule has 0 aliphatic rings. The number of aliphatic hydroxyl groups excluding tert-OH is 1. The maximum absolute atomic E-state index is 12.5. The van der Waals surface area contributed by atoms with Crippen LogP contribution in [-0.4, -0.2) is 31.1 Å². The maximum atomic E-state index is 12.5. The molecule has 0 aliphatic heterocycles. The van der Waals surface area contributed by atoms with Crippen LogP contribution in [0.3, 0.4) is 0 Å². The highest BCUT2D eigenvalue weighted by Gasteiger charge is 2.28. The van der Waals surface area contributed by atoms with E-state index in [0.29, 0.717) is 17.7 Å². The molecule has 4 nitrogen and oxygen atoms in total. The molecule has 21 heavy (non-hydrogen) atoms. The van der Waals surface area contributed by atoms with Crippen molar-refractivity contribution in [1.29, 1.82) is 0 Å². The molecular weight excluding hydrogens is 306 g/mol. The lowest BCUT2D eigenvalue weighted by atomic mass is 10.0. The summed E-state index contributed by atoms with van der Waals surface area (Å²) in [5.74, 6) is 0. The molecule has 1 rings (SSSR count). The SMILES string of the molecule is CCC(CC)(CNS(=O)(=O)c1cc(CO)ccc1C)SC. The minimum Gasteiger partial charge on any atom is -0.392 e. The van der Waals surface area contributed by atoms with Gasteiger partial charge >= 0.3 is 0 Å². The van der Waals surface area contributed by atoms with Crippen LogP contribution in [0.1, 0.15) is 37.8 Å². The molecule has 0 saturated heterocycles. The zero-order valence-electron chi connectivity index (χ0n) is 13.1. The number of sulfonamides is 1. The molecule has 0 unspecified atom stereocenters. The van der Waals surface area contributed by atoms with Crippen molar-refractivity contribution in [1.82, 2.24) is 4.72 Å². The average molecular weight is 332 g/mol. The predicted molar refractivity (Wildman–Crippen MR) is 89.1 cm³/mol. The monoisotopic (exact) mass is 331 g/mol. The third-order valence-corrected chi connectivity index (χ3v) is 7.16. The van der Waals surface area contributed by atoms with Crippen LogP contribution in [-0.2, 0) is 16.6 Å². The topological polar surface area (TPSA) is 66.4 Å². The first-order chi connectivity index (χ1) is 9.84. The number of nitrogens with one attached hydrogen (secondary N) is 1.